The molecular weight excluding hydrogens is 556 g/mol. The topological polar surface area (TPSA) is 122 Å². The van der Waals surface area contributed by atoms with E-state index in [1.807, 2.05) is 38.1 Å². The minimum absolute atomic E-state index is 0.122. The second-order valence-electron chi connectivity index (χ2n) is 9.66. The predicted octanol–water partition coefficient (Wildman–Crippen LogP) is 6.17. The number of benzene rings is 2. The number of aromatic nitrogens is 2. The van der Waals surface area contributed by atoms with Gasteiger partial charge >= 0.3 is 0 Å². The molecule has 1 amide bonds. The summed E-state index contributed by atoms with van der Waals surface area (Å²) >= 11 is 6.55. The van der Waals surface area contributed by atoms with E-state index >= 15 is 0 Å². The average Bonchev–Trinajstić information content (AvgIpc) is 2.97. The first-order chi connectivity index (χ1) is 20.3. The molecule has 2 aromatic heterocycles. The Balaban J connectivity index is 1.59. The van der Waals surface area contributed by atoms with Crippen LogP contribution in [0.25, 0.3) is 10.9 Å². The number of nitriles is 1. The third-order valence-corrected chi connectivity index (χ3v) is 6.58. The van der Waals surface area contributed by atoms with E-state index in [0.29, 0.717) is 68.8 Å². The third-order valence-electron chi connectivity index (χ3n) is 6.28. The second-order valence-corrected chi connectivity index (χ2v) is 10.1. The van der Waals surface area contributed by atoms with Gasteiger partial charge in [0.2, 0.25) is 5.91 Å². The highest BCUT2D eigenvalue weighted by molar-refractivity contribution is 6.32. The number of rotatable bonds is 13. The first-order valence-electron chi connectivity index (χ1n) is 13.4. The zero-order valence-electron chi connectivity index (χ0n) is 24.0. The Hall–Kier alpha value is -4.59. The molecule has 4 rings (SSSR count). The summed E-state index contributed by atoms with van der Waals surface area (Å²) in [7, 11) is 5.52. The molecule has 0 radical (unpaired) electrons. The Bertz CT molecular complexity index is 1590. The Labute approximate surface area is 250 Å². The van der Waals surface area contributed by atoms with Gasteiger partial charge in [-0.25, -0.2) is 0 Å². The maximum absolute atomic E-state index is 12.7. The summed E-state index contributed by atoms with van der Waals surface area (Å²) in [6.45, 7) is 3.32. The van der Waals surface area contributed by atoms with Crippen LogP contribution in [0.5, 0.6) is 17.2 Å². The minimum atomic E-state index is -0.122. The molecule has 0 fully saturated rings. The van der Waals surface area contributed by atoms with Gasteiger partial charge in [0.1, 0.15) is 29.9 Å². The predicted molar refractivity (Wildman–Crippen MR) is 164 cm³/mol. The third kappa shape index (κ3) is 7.78. The van der Waals surface area contributed by atoms with Gasteiger partial charge in [0.15, 0.2) is 0 Å². The number of pyridine rings is 2. The van der Waals surface area contributed by atoms with Crippen LogP contribution in [0.15, 0.2) is 54.9 Å². The fraction of sp³-hybridized carbons (Fsp3) is 0.290. The molecule has 0 saturated carbocycles. The molecule has 0 bridgehead atoms. The smallest absolute Gasteiger partial charge is 0.224 e. The van der Waals surface area contributed by atoms with Crippen molar-refractivity contribution in [1.82, 2.24) is 14.9 Å². The summed E-state index contributed by atoms with van der Waals surface area (Å²) in [5.41, 5.74) is 3.33. The maximum atomic E-state index is 12.7. The average molecular weight is 589 g/mol. The number of anilines is 3. The van der Waals surface area contributed by atoms with Gasteiger partial charge in [-0.1, -0.05) is 11.6 Å². The first-order valence-corrected chi connectivity index (χ1v) is 13.8. The summed E-state index contributed by atoms with van der Waals surface area (Å²) in [4.78, 5) is 23.5. The summed E-state index contributed by atoms with van der Waals surface area (Å²) in [5.74, 6) is 1.53. The van der Waals surface area contributed by atoms with E-state index in [0.717, 1.165) is 18.7 Å². The van der Waals surface area contributed by atoms with Crippen molar-refractivity contribution in [2.75, 3.05) is 45.0 Å². The number of carbonyl (C=O) groups excluding carboxylic acids is 1. The molecule has 11 heteroatoms. The molecule has 2 heterocycles. The Morgan fingerprint density at radius 3 is 2.57 bits per heavy atom. The van der Waals surface area contributed by atoms with Crippen molar-refractivity contribution in [3.8, 4) is 23.3 Å². The lowest BCUT2D eigenvalue weighted by Gasteiger charge is -2.17. The number of carbonyl (C=O) groups is 1. The summed E-state index contributed by atoms with van der Waals surface area (Å²) < 4.78 is 16.8. The SMILES string of the molecule is CCOc1cc2ncc(C#N)c(Nc3ccc(OCc4ccc(OC)cn4)c(Cl)c3)c2cc1NC(=O)CCCN(C)C. The van der Waals surface area contributed by atoms with Gasteiger partial charge in [-0.05, 0) is 70.4 Å². The Kier molecular flexibility index (Phi) is 10.4. The highest BCUT2D eigenvalue weighted by Gasteiger charge is 2.16. The van der Waals surface area contributed by atoms with Gasteiger partial charge in [-0.2, -0.15) is 5.26 Å². The molecule has 0 aliphatic carbocycles. The van der Waals surface area contributed by atoms with Crippen LogP contribution in [0.4, 0.5) is 17.1 Å². The van der Waals surface area contributed by atoms with Crippen molar-refractivity contribution < 1.29 is 19.0 Å². The van der Waals surface area contributed by atoms with Crippen LogP contribution < -0.4 is 24.8 Å². The Morgan fingerprint density at radius 2 is 1.90 bits per heavy atom. The van der Waals surface area contributed by atoms with E-state index in [4.69, 9.17) is 25.8 Å². The molecule has 0 saturated heterocycles. The molecule has 42 heavy (non-hydrogen) atoms. The van der Waals surface area contributed by atoms with E-state index in [2.05, 4.69) is 26.7 Å². The van der Waals surface area contributed by atoms with E-state index in [1.165, 1.54) is 6.20 Å². The van der Waals surface area contributed by atoms with Crippen LogP contribution in [-0.4, -0.2) is 55.1 Å². The molecule has 0 aliphatic rings. The molecule has 0 spiro atoms. The number of fused-ring (bicyclic) bond motifs is 1. The highest BCUT2D eigenvalue weighted by Crippen LogP contribution is 2.37. The van der Waals surface area contributed by atoms with Crippen molar-refractivity contribution in [1.29, 1.82) is 5.26 Å². The van der Waals surface area contributed by atoms with Gasteiger partial charge in [0.05, 0.1) is 53.1 Å². The van der Waals surface area contributed by atoms with Gasteiger partial charge in [0.25, 0.3) is 0 Å². The molecule has 218 valence electrons. The number of nitrogens with zero attached hydrogens (tertiary/aromatic N) is 4. The zero-order valence-corrected chi connectivity index (χ0v) is 24.8. The number of methoxy groups -OCH3 is 1. The standard InChI is InChI=1S/C31H33ClN6O4/c1-5-41-29-15-26-24(14-27(29)37-30(39)7-6-12-38(2)3)31(20(16-33)17-35-26)36-21-9-11-28(25(32)13-21)42-19-22-8-10-23(40-4)18-34-22/h8-11,13-15,17-18H,5-7,12,19H2,1-4H3,(H,35,36)(H,37,39). The normalized spacial score (nSPS) is 10.8. The van der Waals surface area contributed by atoms with Crippen LogP contribution in [0.1, 0.15) is 31.0 Å². The molecular formula is C31H33ClN6O4. The molecule has 10 nitrogen and oxygen atoms in total. The van der Waals surface area contributed by atoms with Crippen molar-refractivity contribution in [3.63, 3.8) is 0 Å². The van der Waals surface area contributed by atoms with Crippen molar-refractivity contribution in [2.24, 2.45) is 0 Å². The summed E-state index contributed by atoms with van der Waals surface area (Å²) in [6, 6.07) is 14.6. The molecule has 0 unspecified atom stereocenters. The van der Waals surface area contributed by atoms with Crippen molar-refractivity contribution in [2.45, 2.75) is 26.4 Å². The second kappa shape index (κ2) is 14.3. The highest BCUT2D eigenvalue weighted by atomic mass is 35.5. The van der Waals surface area contributed by atoms with Gasteiger partial charge in [0, 0.05) is 29.8 Å². The monoisotopic (exact) mass is 588 g/mol. The minimum Gasteiger partial charge on any atom is -0.495 e. The summed E-state index contributed by atoms with van der Waals surface area (Å²) in [6.07, 6.45) is 4.21. The van der Waals surface area contributed by atoms with Crippen LogP contribution in [0.2, 0.25) is 5.02 Å². The number of hydrogen-bond donors (Lipinski definition) is 2. The quantitative estimate of drug-likeness (QED) is 0.189. The van der Waals surface area contributed by atoms with Gasteiger partial charge in [-0.3, -0.25) is 14.8 Å². The Morgan fingerprint density at radius 1 is 1.07 bits per heavy atom. The fourth-order valence-corrected chi connectivity index (χ4v) is 4.42. The number of ether oxygens (including phenoxy) is 3. The van der Waals surface area contributed by atoms with Crippen molar-refractivity contribution in [3.05, 3.63) is 71.1 Å². The van der Waals surface area contributed by atoms with Crippen molar-refractivity contribution >= 4 is 45.5 Å². The van der Waals surface area contributed by atoms with Crippen LogP contribution in [0.3, 0.4) is 0 Å². The number of hydrogen-bond acceptors (Lipinski definition) is 9. The number of halogens is 1. The van der Waals surface area contributed by atoms with Gasteiger partial charge < -0.3 is 29.7 Å². The van der Waals surface area contributed by atoms with E-state index in [1.54, 1.807) is 43.6 Å². The molecule has 0 atom stereocenters. The van der Waals surface area contributed by atoms with E-state index in [-0.39, 0.29) is 12.5 Å². The number of amides is 1. The van der Waals surface area contributed by atoms with E-state index < -0.39 is 0 Å². The zero-order chi connectivity index (χ0) is 30.1. The fourth-order valence-electron chi connectivity index (χ4n) is 4.19. The lowest BCUT2D eigenvalue weighted by molar-refractivity contribution is -0.116. The lowest BCUT2D eigenvalue weighted by Crippen LogP contribution is -2.17. The largest absolute Gasteiger partial charge is 0.495 e. The van der Waals surface area contributed by atoms with Crippen LogP contribution in [0, 0.1) is 11.3 Å². The lowest BCUT2D eigenvalue weighted by atomic mass is 10.1. The molecule has 0 aliphatic heterocycles. The first kappa shape index (κ1) is 30.4. The number of nitrogens with one attached hydrogen (secondary N) is 2. The van der Waals surface area contributed by atoms with Gasteiger partial charge in [-0.15, -0.1) is 0 Å². The molecule has 2 aromatic carbocycles. The van der Waals surface area contributed by atoms with Crippen LogP contribution >= 0.6 is 11.6 Å². The summed E-state index contributed by atoms with van der Waals surface area (Å²) in [5, 5.41) is 17.2. The van der Waals surface area contributed by atoms with E-state index in [9.17, 15) is 10.1 Å². The van der Waals surface area contributed by atoms with Crippen LogP contribution in [-0.2, 0) is 11.4 Å². The maximum Gasteiger partial charge on any atom is 0.224 e. The molecule has 2 N–H and O–H groups in total. The molecule has 4 aromatic rings.